The number of nitrogens with zero attached hydrogens (tertiary/aromatic N) is 4. The highest BCUT2D eigenvalue weighted by atomic mass is 32.2. The maximum atomic E-state index is 12.4. The molecule has 0 unspecified atom stereocenters. The van der Waals surface area contributed by atoms with E-state index in [-0.39, 0.29) is 29.5 Å². The number of benzene rings is 2. The summed E-state index contributed by atoms with van der Waals surface area (Å²) < 4.78 is 1.81. The lowest BCUT2D eigenvalue weighted by molar-refractivity contribution is -0.384. The lowest BCUT2D eigenvalue weighted by Crippen LogP contribution is -2.25. The van der Waals surface area contributed by atoms with Crippen LogP contribution in [-0.4, -0.2) is 37.3 Å². The fraction of sp³-hybridized carbons (Fsp3) is 0.238. The number of hydrogen-bond acceptors (Lipinski definition) is 7. The minimum atomic E-state index is -0.552. The highest BCUT2D eigenvalue weighted by Crippen LogP contribution is 2.17. The molecule has 3 rings (SSSR count). The van der Waals surface area contributed by atoms with Crippen LogP contribution in [0.4, 0.5) is 5.69 Å². The number of non-ortho nitro benzene ring substituents is 1. The third kappa shape index (κ3) is 6.14. The number of rotatable bonds is 10. The van der Waals surface area contributed by atoms with E-state index in [0.29, 0.717) is 24.1 Å². The van der Waals surface area contributed by atoms with Gasteiger partial charge >= 0.3 is 0 Å². The first-order valence-corrected chi connectivity index (χ1v) is 10.8. The van der Waals surface area contributed by atoms with E-state index in [1.165, 1.54) is 36.0 Å². The van der Waals surface area contributed by atoms with Gasteiger partial charge in [0.05, 0.1) is 17.2 Å². The summed E-state index contributed by atoms with van der Waals surface area (Å²) in [5.41, 5.74) is 1.05. The van der Waals surface area contributed by atoms with E-state index in [1.54, 1.807) is 0 Å². The second-order valence-corrected chi connectivity index (χ2v) is 7.63. The predicted molar refractivity (Wildman–Crippen MR) is 119 cm³/mol. The summed E-state index contributed by atoms with van der Waals surface area (Å²) in [5.74, 6) is 0.141. The van der Waals surface area contributed by atoms with Crippen molar-refractivity contribution in [1.82, 2.24) is 25.4 Å². The van der Waals surface area contributed by atoms with Gasteiger partial charge in [-0.25, -0.2) is 0 Å². The summed E-state index contributed by atoms with van der Waals surface area (Å²) in [5, 5.41) is 25.2. The largest absolute Gasteiger partial charge is 0.351 e. The topological polar surface area (TPSA) is 132 Å². The number of carbonyl (C=O) groups excluding carboxylic acids is 2. The normalized spacial score (nSPS) is 10.5. The van der Waals surface area contributed by atoms with Crippen molar-refractivity contribution in [3.63, 3.8) is 0 Å². The Morgan fingerprint density at radius 1 is 1.06 bits per heavy atom. The summed E-state index contributed by atoms with van der Waals surface area (Å²) in [7, 11) is 0. The van der Waals surface area contributed by atoms with Crippen LogP contribution in [0.2, 0.25) is 0 Å². The van der Waals surface area contributed by atoms with E-state index in [0.717, 1.165) is 5.56 Å². The summed E-state index contributed by atoms with van der Waals surface area (Å²) >= 11 is 1.26. The van der Waals surface area contributed by atoms with Crippen LogP contribution < -0.4 is 10.6 Å². The zero-order valence-electron chi connectivity index (χ0n) is 17.4. The molecule has 2 amide bonds. The maximum Gasteiger partial charge on any atom is 0.270 e. The molecule has 0 aliphatic heterocycles. The molecule has 2 aromatic carbocycles. The number of nitro groups is 1. The molecule has 0 spiro atoms. The van der Waals surface area contributed by atoms with Gasteiger partial charge in [0.15, 0.2) is 11.0 Å². The Morgan fingerprint density at radius 3 is 2.56 bits per heavy atom. The van der Waals surface area contributed by atoms with Gasteiger partial charge in [-0.15, -0.1) is 10.2 Å². The average Bonchev–Trinajstić information content (AvgIpc) is 3.22. The second-order valence-electron chi connectivity index (χ2n) is 6.68. The lowest BCUT2D eigenvalue weighted by atomic mass is 10.2. The Labute approximate surface area is 188 Å². The highest BCUT2D eigenvalue weighted by Gasteiger charge is 2.16. The van der Waals surface area contributed by atoms with E-state index >= 15 is 0 Å². The number of hydrogen-bond donors (Lipinski definition) is 2. The van der Waals surface area contributed by atoms with Gasteiger partial charge in [0, 0.05) is 30.8 Å². The molecule has 0 fully saturated rings. The van der Waals surface area contributed by atoms with Crippen molar-refractivity contribution in [3.05, 3.63) is 81.7 Å². The average molecular weight is 455 g/mol. The number of thioether (sulfide) groups is 1. The molecule has 0 saturated heterocycles. The van der Waals surface area contributed by atoms with E-state index < -0.39 is 10.8 Å². The maximum absolute atomic E-state index is 12.4. The van der Waals surface area contributed by atoms with Gasteiger partial charge in [-0.3, -0.25) is 19.7 Å². The zero-order valence-corrected chi connectivity index (χ0v) is 18.2. The van der Waals surface area contributed by atoms with Crippen LogP contribution in [-0.2, 0) is 24.4 Å². The second kappa shape index (κ2) is 11.0. The Kier molecular flexibility index (Phi) is 7.92. The van der Waals surface area contributed by atoms with Crippen molar-refractivity contribution >= 4 is 29.3 Å². The summed E-state index contributed by atoms with van der Waals surface area (Å²) in [6.07, 6.45) is 0. The number of amides is 2. The highest BCUT2D eigenvalue weighted by molar-refractivity contribution is 7.99. The molecule has 0 bridgehead atoms. The number of nitrogens with one attached hydrogen (secondary N) is 2. The van der Waals surface area contributed by atoms with Gasteiger partial charge in [0.2, 0.25) is 5.91 Å². The van der Waals surface area contributed by atoms with E-state index in [2.05, 4.69) is 20.8 Å². The molecule has 0 aliphatic rings. The minimum Gasteiger partial charge on any atom is -0.351 e. The standard InChI is InChI=1S/C21H22N6O4S/c1-2-26-18(13-23-20(29)16-9-6-10-17(11-16)27(30)31)24-25-21(26)32-14-19(28)22-12-15-7-4-3-5-8-15/h3-11H,2,12-14H2,1H3,(H,22,28)(H,23,29). The van der Waals surface area contributed by atoms with Crippen molar-refractivity contribution < 1.29 is 14.5 Å². The van der Waals surface area contributed by atoms with Gasteiger partial charge in [0.1, 0.15) is 0 Å². The molecule has 0 aliphatic carbocycles. The van der Waals surface area contributed by atoms with Crippen LogP contribution in [0.1, 0.15) is 28.7 Å². The minimum absolute atomic E-state index is 0.100. The molecule has 1 heterocycles. The van der Waals surface area contributed by atoms with Gasteiger partial charge in [-0.2, -0.15) is 0 Å². The SMILES string of the molecule is CCn1c(CNC(=O)c2cccc([N+](=O)[O-])c2)nnc1SCC(=O)NCc1ccccc1. The van der Waals surface area contributed by atoms with Gasteiger partial charge in [0.25, 0.3) is 11.6 Å². The molecular formula is C21H22N6O4S. The molecular weight excluding hydrogens is 432 g/mol. The van der Waals surface area contributed by atoms with Gasteiger partial charge in [-0.1, -0.05) is 48.2 Å². The number of aromatic nitrogens is 3. The van der Waals surface area contributed by atoms with Crippen LogP contribution in [0.5, 0.6) is 0 Å². The smallest absolute Gasteiger partial charge is 0.270 e. The molecule has 3 aromatic rings. The number of carbonyl (C=O) groups is 2. The molecule has 1 aromatic heterocycles. The fourth-order valence-corrected chi connectivity index (χ4v) is 3.73. The van der Waals surface area contributed by atoms with Gasteiger partial charge < -0.3 is 15.2 Å². The van der Waals surface area contributed by atoms with Crippen LogP contribution in [0.25, 0.3) is 0 Å². The first kappa shape index (κ1) is 22.9. The van der Waals surface area contributed by atoms with Crippen molar-refractivity contribution in [2.24, 2.45) is 0 Å². The Balaban J connectivity index is 1.54. The zero-order chi connectivity index (χ0) is 22.9. The van der Waals surface area contributed by atoms with Crippen LogP contribution >= 0.6 is 11.8 Å². The Bertz CT molecular complexity index is 1100. The molecule has 0 radical (unpaired) electrons. The lowest BCUT2D eigenvalue weighted by Gasteiger charge is -2.09. The Morgan fingerprint density at radius 2 is 1.84 bits per heavy atom. The van der Waals surface area contributed by atoms with Crippen LogP contribution in [0, 0.1) is 10.1 Å². The molecule has 0 saturated carbocycles. The summed E-state index contributed by atoms with van der Waals surface area (Å²) in [6.45, 7) is 3.02. The first-order valence-electron chi connectivity index (χ1n) is 9.86. The number of nitro benzene ring substituents is 1. The van der Waals surface area contributed by atoms with Crippen molar-refractivity contribution in [2.75, 3.05) is 5.75 Å². The molecule has 11 heteroatoms. The fourth-order valence-electron chi connectivity index (χ4n) is 2.87. The van der Waals surface area contributed by atoms with Gasteiger partial charge in [-0.05, 0) is 18.6 Å². The molecule has 32 heavy (non-hydrogen) atoms. The van der Waals surface area contributed by atoms with Crippen molar-refractivity contribution in [3.8, 4) is 0 Å². The predicted octanol–water partition coefficient (Wildman–Crippen LogP) is 2.54. The summed E-state index contributed by atoms with van der Waals surface area (Å²) in [4.78, 5) is 34.8. The molecule has 2 N–H and O–H groups in total. The van der Waals surface area contributed by atoms with Crippen molar-refractivity contribution in [1.29, 1.82) is 0 Å². The molecule has 10 nitrogen and oxygen atoms in total. The molecule has 0 atom stereocenters. The van der Waals surface area contributed by atoms with Crippen LogP contribution in [0.3, 0.4) is 0 Å². The van der Waals surface area contributed by atoms with E-state index in [9.17, 15) is 19.7 Å². The monoisotopic (exact) mass is 454 g/mol. The third-order valence-corrected chi connectivity index (χ3v) is 5.47. The van der Waals surface area contributed by atoms with Crippen molar-refractivity contribution in [2.45, 2.75) is 31.7 Å². The Hall–Kier alpha value is -3.73. The van der Waals surface area contributed by atoms with E-state index in [1.807, 2.05) is 41.8 Å². The third-order valence-electron chi connectivity index (χ3n) is 4.50. The van der Waals surface area contributed by atoms with Crippen LogP contribution in [0.15, 0.2) is 59.8 Å². The molecule has 166 valence electrons. The summed E-state index contributed by atoms with van der Waals surface area (Å²) in [6, 6.07) is 15.1. The quantitative estimate of drug-likeness (QED) is 0.273. The first-order chi connectivity index (χ1) is 15.5. The van der Waals surface area contributed by atoms with E-state index in [4.69, 9.17) is 0 Å².